The number of nitrogens with two attached hydrogens (primary N) is 1. The molecule has 1 fully saturated rings. The average Bonchev–Trinajstić information content (AvgIpc) is 3.65. The first-order valence-electron chi connectivity index (χ1n) is 30.3. The Morgan fingerprint density at radius 2 is 0.961 bits per heavy atom. The maximum atomic E-state index is 12.9. The number of nitrogens with zero attached hydrogens (tertiary/aromatic N) is 2. The predicted octanol–water partition coefficient (Wildman–Crippen LogP) is 13.9. The number of esters is 2. The Labute approximate surface area is 463 Å². The van der Waals surface area contributed by atoms with E-state index in [1.807, 2.05) is 0 Å². The molecule has 1 aliphatic heterocycles. The molecule has 0 spiro atoms. The Bertz CT molecular complexity index is 1820. The smallest absolute Gasteiger partial charge is 0.462 e. The quantitative estimate of drug-likeness (QED) is 0.0231. The van der Waals surface area contributed by atoms with Gasteiger partial charge in [-0.2, -0.15) is 9.29 Å². The van der Waals surface area contributed by atoms with E-state index in [0.29, 0.717) is 12.8 Å². The lowest BCUT2D eigenvalue weighted by molar-refractivity contribution is -0.161. The van der Waals surface area contributed by atoms with Crippen molar-refractivity contribution in [1.29, 1.82) is 0 Å². The Kier molecular flexibility index (Phi) is 40.0. The first-order valence-corrected chi connectivity index (χ1v) is 33.3. The molecule has 1 aromatic rings. The van der Waals surface area contributed by atoms with Crippen molar-refractivity contribution < 1.29 is 66.3 Å². The average molecular weight is 1140 g/mol. The lowest BCUT2D eigenvalue weighted by Crippen LogP contribution is -2.36. The number of aromatic nitrogens is 2. The summed E-state index contributed by atoms with van der Waals surface area (Å²) in [4.78, 5) is 62.2. The van der Waals surface area contributed by atoms with Crippen molar-refractivity contribution in [2.75, 3.05) is 25.6 Å². The molecule has 2 heterocycles. The molecule has 3 unspecified atom stereocenters. The number of aliphatic hydroxyl groups is 2. The molecule has 0 bridgehead atoms. The van der Waals surface area contributed by atoms with Gasteiger partial charge < -0.3 is 39.9 Å². The van der Waals surface area contributed by atoms with Gasteiger partial charge in [-0.1, -0.05) is 240 Å². The zero-order valence-electron chi connectivity index (χ0n) is 48.1. The number of nitrogen functional groups attached to an aromatic ring is 1. The standard InChI is InChI=1S/C57H107N3O15P2/c1-47(2)38-34-30-26-22-18-14-10-7-5-6-8-12-16-20-24-28-32-36-40-52(61)70-44-49(73-53(62)41-37-33-29-25-21-17-13-9-11-15-19-23-27-31-35-39-48(3)4)45-71-76(66,67)75-77(68,69)72-46-50-54(63)55(64)56(74-50)60-43-42-51(58)59-57(60)65/h42-43,47-50,54-56,63-64H,5-41,44-46H2,1-4H3,(H,66,67)(H,68,69)(H2,58,59,65)/t49-,50-,54+,55?,56-/m1/s1. The van der Waals surface area contributed by atoms with Crippen LogP contribution in [-0.2, 0) is 46.3 Å². The fourth-order valence-corrected chi connectivity index (χ4v) is 11.7. The maximum absolute atomic E-state index is 12.9. The van der Waals surface area contributed by atoms with Gasteiger partial charge in [0, 0.05) is 19.0 Å². The largest absolute Gasteiger partial charge is 0.481 e. The number of anilines is 1. The molecule has 1 aliphatic rings. The lowest BCUT2D eigenvalue weighted by Gasteiger charge is -2.21. The van der Waals surface area contributed by atoms with Crippen molar-refractivity contribution in [2.24, 2.45) is 11.8 Å². The van der Waals surface area contributed by atoms with E-state index in [9.17, 15) is 43.5 Å². The predicted molar refractivity (Wildman–Crippen MR) is 303 cm³/mol. The molecule has 0 aromatic carbocycles. The van der Waals surface area contributed by atoms with Gasteiger partial charge in [-0.15, -0.1) is 0 Å². The normalized spacial score (nSPS) is 18.7. The number of phosphoric acid groups is 2. The van der Waals surface area contributed by atoms with E-state index < -0.39 is 83.7 Å². The van der Waals surface area contributed by atoms with Gasteiger partial charge >= 0.3 is 33.3 Å². The van der Waals surface area contributed by atoms with Crippen LogP contribution in [0.1, 0.15) is 271 Å². The second kappa shape index (κ2) is 43.5. The molecular formula is C57H107N3O15P2. The van der Waals surface area contributed by atoms with Crippen LogP contribution in [0.25, 0.3) is 0 Å². The van der Waals surface area contributed by atoms with Gasteiger partial charge in [0.05, 0.1) is 13.2 Å². The second-order valence-electron chi connectivity index (χ2n) is 22.5. The molecule has 450 valence electrons. The van der Waals surface area contributed by atoms with Gasteiger partial charge in [0.25, 0.3) is 0 Å². The molecule has 77 heavy (non-hydrogen) atoms. The van der Waals surface area contributed by atoms with Crippen LogP contribution in [0, 0.1) is 11.8 Å². The highest BCUT2D eigenvalue weighted by atomic mass is 31.3. The molecule has 18 nitrogen and oxygen atoms in total. The molecular weight excluding hydrogens is 1030 g/mol. The summed E-state index contributed by atoms with van der Waals surface area (Å²) in [7, 11) is -10.8. The van der Waals surface area contributed by atoms with Crippen LogP contribution in [0.15, 0.2) is 17.1 Å². The zero-order chi connectivity index (χ0) is 56.6. The molecule has 20 heteroatoms. The van der Waals surface area contributed by atoms with Gasteiger partial charge in [-0.25, -0.2) is 13.9 Å². The minimum absolute atomic E-state index is 0.0578. The SMILES string of the molecule is CC(C)CCCCCCCCCCCCCCCCCCCCC(=O)OC[C@H](COP(=O)(O)OP(=O)(O)OC[C@H]1O[C@@H](n2ccc(N)nc2=O)C(O)[C@H]1O)OC(=O)CCCCCCCCCCCCCCCCCC(C)C. The number of hydrogen-bond acceptors (Lipinski definition) is 15. The Morgan fingerprint density at radius 1 is 0.584 bits per heavy atom. The summed E-state index contributed by atoms with van der Waals surface area (Å²) in [5.74, 6) is 0.356. The first-order chi connectivity index (χ1) is 36.9. The highest BCUT2D eigenvalue weighted by molar-refractivity contribution is 7.61. The summed E-state index contributed by atoms with van der Waals surface area (Å²) in [6, 6.07) is 1.25. The van der Waals surface area contributed by atoms with E-state index in [2.05, 4.69) is 37.0 Å². The molecule has 0 amide bonds. The monoisotopic (exact) mass is 1140 g/mol. The van der Waals surface area contributed by atoms with Crippen molar-refractivity contribution in [3.05, 3.63) is 22.7 Å². The fourth-order valence-electron chi connectivity index (χ4n) is 9.63. The minimum atomic E-state index is -5.42. The van der Waals surface area contributed by atoms with Gasteiger partial charge in [-0.05, 0) is 30.7 Å². The van der Waals surface area contributed by atoms with E-state index in [4.69, 9.17) is 29.0 Å². The van der Waals surface area contributed by atoms with Gasteiger partial charge in [-0.3, -0.25) is 23.2 Å². The number of carbonyl (C=O) groups excluding carboxylic acids is 2. The Balaban J connectivity index is 1.72. The third-order valence-corrected chi connectivity index (χ3v) is 16.9. The van der Waals surface area contributed by atoms with Crippen molar-refractivity contribution in [2.45, 2.75) is 296 Å². The van der Waals surface area contributed by atoms with Gasteiger partial charge in [0.2, 0.25) is 0 Å². The first kappa shape index (κ1) is 70.9. The molecule has 7 atom stereocenters. The number of hydrogen-bond donors (Lipinski definition) is 5. The number of rotatable bonds is 51. The molecule has 1 saturated heterocycles. The summed E-state index contributed by atoms with van der Waals surface area (Å²) in [6.07, 6.45) is 36.0. The van der Waals surface area contributed by atoms with E-state index in [1.165, 1.54) is 179 Å². The Hall–Kier alpha value is -2.24. The highest BCUT2D eigenvalue weighted by Crippen LogP contribution is 2.60. The van der Waals surface area contributed by atoms with E-state index >= 15 is 0 Å². The van der Waals surface area contributed by atoms with Crippen LogP contribution in [-0.4, -0.2) is 85.7 Å². The zero-order valence-corrected chi connectivity index (χ0v) is 49.9. The molecule has 6 N–H and O–H groups in total. The molecule has 1 aromatic heterocycles. The number of carbonyl (C=O) groups is 2. The highest BCUT2D eigenvalue weighted by Gasteiger charge is 2.46. The van der Waals surface area contributed by atoms with E-state index in [0.717, 1.165) is 61.3 Å². The van der Waals surface area contributed by atoms with Gasteiger partial charge in [0.15, 0.2) is 12.3 Å². The van der Waals surface area contributed by atoms with Crippen molar-refractivity contribution in [3.8, 4) is 0 Å². The molecule has 2 rings (SSSR count). The third-order valence-electron chi connectivity index (χ3n) is 14.3. The number of unbranched alkanes of at least 4 members (excludes halogenated alkanes) is 31. The lowest BCUT2D eigenvalue weighted by atomic mass is 10.0. The van der Waals surface area contributed by atoms with Crippen molar-refractivity contribution in [1.82, 2.24) is 9.55 Å². The summed E-state index contributed by atoms with van der Waals surface area (Å²) < 4.78 is 57.1. The third kappa shape index (κ3) is 37.4. The van der Waals surface area contributed by atoms with Crippen LogP contribution in [0.3, 0.4) is 0 Å². The van der Waals surface area contributed by atoms with Gasteiger partial charge in [0.1, 0.15) is 30.7 Å². The summed E-state index contributed by atoms with van der Waals surface area (Å²) >= 11 is 0. The number of aliphatic hydroxyl groups excluding tert-OH is 2. The van der Waals surface area contributed by atoms with Crippen LogP contribution < -0.4 is 11.4 Å². The summed E-state index contributed by atoms with van der Waals surface area (Å²) in [5.41, 5.74) is 4.61. The second-order valence-corrected chi connectivity index (χ2v) is 25.6. The summed E-state index contributed by atoms with van der Waals surface area (Å²) in [5, 5.41) is 21.0. The van der Waals surface area contributed by atoms with Crippen molar-refractivity contribution >= 4 is 33.4 Å². The fraction of sp³-hybridized carbons (Fsp3) is 0.895. The van der Waals surface area contributed by atoms with Crippen LogP contribution in [0.2, 0.25) is 0 Å². The Morgan fingerprint density at radius 3 is 1.36 bits per heavy atom. The van der Waals surface area contributed by atoms with E-state index in [1.54, 1.807) is 0 Å². The molecule has 0 radical (unpaired) electrons. The number of phosphoric ester groups is 2. The molecule has 0 saturated carbocycles. The molecule has 0 aliphatic carbocycles. The number of ether oxygens (including phenoxy) is 3. The maximum Gasteiger partial charge on any atom is 0.481 e. The van der Waals surface area contributed by atoms with Crippen LogP contribution in [0.4, 0.5) is 5.82 Å². The van der Waals surface area contributed by atoms with Crippen molar-refractivity contribution in [3.63, 3.8) is 0 Å². The minimum Gasteiger partial charge on any atom is -0.462 e. The van der Waals surface area contributed by atoms with Crippen LogP contribution in [0.5, 0.6) is 0 Å². The van der Waals surface area contributed by atoms with E-state index in [-0.39, 0.29) is 18.7 Å². The summed E-state index contributed by atoms with van der Waals surface area (Å²) in [6.45, 7) is 6.91. The topological polar surface area (TPSA) is 265 Å². The van der Waals surface area contributed by atoms with Crippen LogP contribution >= 0.6 is 15.6 Å².